The molecule has 0 aliphatic rings. The number of benzene rings is 1. The molecule has 2 aromatic heterocycles. The lowest BCUT2D eigenvalue weighted by molar-refractivity contribution is 0.0920. The number of aliphatic hydroxyl groups excluding tert-OH is 1. The van der Waals surface area contributed by atoms with Crippen molar-refractivity contribution < 1.29 is 9.90 Å². The molecule has 0 radical (unpaired) electrons. The predicted octanol–water partition coefficient (Wildman–Crippen LogP) is 4.59. The van der Waals surface area contributed by atoms with Crippen LogP contribution in [0.1, 0.15) is 21.3 Å². The SMILES string of the molecule is O=C(NCC(O)c1ccc(-c2ccsc2)cc1)c1ccc(Cl)s1. The summed E-state index contributed by atoms with van der Waals surface area (Å²) in [5.41, 5.74) is 3.05. The van der Waals surface area contributed by atoms with E-state index < -0.39 is 6.10 Å². The Balaban J connectivity index is 1.60. The van der Waals surface area contributed by atoms with Gasteiger partial charge in [0.1, 0.15) is 0 Å². The van der Waals surface area contributed by atoms with Crippen LogP contribution in [-0.4, -0.2) is 17.6 Å². The highest BCUT2D eigenvalue weighted by Crippen LogP contribution is 2.24. The molecule has 1 aromatic carbocycles. The van der Waals surface area contributed by atoms with Gasteiger partial charge in [-0.25, -0.2) is 0 Å². The van der Waals surface area contributed by atoms with Crippen molar-refractivity contribution in [3.05, 3.63) is 68.0 Å². The minimum atomic E-state index is -0.745. The summed E-state index contributed by atoms with van der Waals surface area (Å²) in [4.78, 5) is 12.5. The maximum atomic E-state index is 11.9. The molecule has 0 spiro atoms. The van der Waals surface area contributed by atoms with Crippen molar-refractivity contribution in [2.45, 2.75) is 6.10 Å². The maximum absolute atomic E-state index is 11.9. The number of halogens is 1. The normalized spacial score (nSPS) is 12.1. The Morgan fingerprint density at radius 2 is 1.91 bits per heavy atom. The van der Waals surface area contributed by atoms with E-state index >= 15 is 0 Å². The van der Waals surface area contributed by atoms with Gasteiger partial charge in [0.2, 0.25) is 0 Å². The smallest absolute Gasteiger partial charge is 0.261 e. The third kappa shape index (κ3) is 4.00. The van der Waals surface area contributed by atoms with Crippen LogP contribution in [0, 0.1) is 0 Å². The zero-order valence-electron chi connectivity index (χ0n) is 12.0. The van der Waals surface area contributed by atoms with Crippen LogP contribution in [0.3, 0.4) is 0 Å². The van der Waals surface area contributed by atoms with Crippen molar-refractivity contribution in [3.8, 4) is 11.1 Å². The molecule has 0 saturated carbocycles. The van der Waals surface area contributed by atoms with Crippen LogP contribution in [0.25, 0.3) is 11.1 Å². The summed E-state index contributed by atoms with van der Waals surface area (Å²) < 4.78 is 0.569. The molecule has 6 heteroatoms. The van der Waals surface area contributed by atoms with Crippen LogP contribution in [0.5, 0.6) is 0 Å². The Hall–Kier alpha value is -1.66. The first-order chi connectivity index (χ1) is 11.1. The van der Waals surface area contributed by atoms with Crippen LogP contribution < -0.4 is 5.32 Å². The number of thiophene rings is 2. The number of carbonyl (C=O) groups excluding carboxylic acids is 1. The average molecular weight is 364 g/mol. The van der Waals surface area contributed by atoms with Gasteiger partial charge in [-0.3, -0.25) is 4.79 Å². The molecule has 0 fully saturated rings. The zero-order valence-corrected chi connectivity index (χ0v) is 14.4. The van der Waals surface area contributed by atoms with Crippen LogP contribution in [0.4, 0.5) is 0 Å². The highest BCUT2D eigenvalue weighted by atomic mass is 35.5. The summed E-state index contributed by atoms with van der Waals surface area (Å²) in [5.74, 6) is -0.226. The number of amides is 1. The quantitative estimate of drug-likeness (QED) is 0.696. The maximum Gasteiger partial charge on any atom is 0.261 e. The van der Waals surface area contributed by atoms with Gasteiger partial charge in [-0.1, -0.05) is 35.9 Å². The number of carbonyl (C=O) groups is 1. The van der Waals surface area contributed by atoms with E-state index in [1.54, 1.807) is 23.5 Å². The monoisotopic (exact) mass is 363 g/mol. The Labute approximate surface area is 147 Å². The lowest BCUT2D eigenvalue weighted by atomic mass is 10.0. The van der Waals surface area contributed by atoms with E-state index in [0.29, 0.717) is 9.21 Å². The van der Waals surface area contributed by atoms with E-state index in [1.165, 1.54) is 16.9 Å². The molecule has 23 heavy (non-hydrogen) atoms. The van der Waals surface area contributed by atoms with E-state index in [2.05, 4.69) is 16.8 Å². The van der Waals surface area contributed by atoms with Gasteiger partial charge in [-0.15, -0.1) is 11.3 Å². The first kappa shape index (κ1) is 16.2. The summed E-state index contributed by atoms with van der Waals surface area (Å²) in [5, 5.41) is 17.0. The Morgan fingerprint density at radius 1 is 1.13 bits per heavy atom. The van der Waals surface area contributed by atoms with Crippen molar-refractivity contribution in [2.75, 3.05) is 6.54 Å². The first-order valence-corrected chi connectivity index (χ1v) is 9.11. The summed E-state index contributed by atoms with van der Waals surface area (Å²) in [6, 6.07) is 13.1. The Bertz CT molecular complexity index is 781. The fraction of sp³-hybridized carbons (Fsp3) is 0.118. The third-order valence-electron chi connectivity index (χ3n) is 3.40. The van der Waals surface area contributed by atoms with E-state index in [4.69, 9.17) is 11.6 Å². The van der Waals surface area contributed by atoms with Gasteiger partial charge in [0.15, 0.2) is 0 Å². The number of hydrogen-bond donors (Lipinski definition) is 2. The molecule has 0 saturated heterocycles. The lowest BCUT2D eigenvalue weighted by Gasteiger charge is -2.12. The number of nitrogens with one attached hydrogen (secondary N) is 1. The van der Waals surface area contributed by atoms with Crippen LogP contribution in [0.2, 0.25) is 4.34 Å². The minimum Gasteiger partial charge on any atom is -0.387 e. The molecule has 2 N–H and O–H groups in total. The molecule has 0 aliphatic carbocycles. The molecule has 3 rings (SSSR count). The Kier molecular flexibility index (Phi) is 5.13. The van der Waals surface area contributed by atoms with Crippen LogP contribution in [-0.2, 0) is 0 Å². The van der Waals surface area contributed by atoms with Crippen molar-refractivity contribution in [3.63, 3.8) is 0 Å². The molecule has 0 aliphatic heterocycles. The number of rotatable bonds is 5. The molecule has 1 atom stereocenters. The van der Waals surface area contributed by atoms with Crippen LogP contribution >= 0.6 is 34.3 Å². The van der Waals surface area contributed by atoms with Gasteiger partial charge in [0.05, 0.1) is 15.3 Å². The topological polar surface area (TPSA) is 49.3 Å². The average Bonchev–Trinajstić information content (AvgIpc) is 3.24. The standard InChI is InChI=1S/C17H14ClNO2S2/c18-16-6-5-15(23-16)17(21)19-9-14(20)12-3-1-11(2-4-12)13-7-8-22-10-13/h1-8,10,14,20H,9H2,(H,19,21). The second kappa shape index (κ2) is 7.27. The second-order valence-corrected chi connectivity index (χ2v) is 7.46. The fourth-order valence-corrected chi connectivity index (χ4v) is 3.78. The third-order valence-corrected chi connectivity index (χ3v) is 5.32. The summed E-state index contributed by atoms with van der Waals surface area (Å²) >= 11 is 8.68. The van der Waals surface area contributed by atoms with Crippen molar-refractivity contribution in [1.29, 1.82) is 0 Å². The van der Waals surface area contributed by atoms with Gasteiger partial charge in [-0.05, 0) is 45.6 Å². The van der Waals surface area contributed by atoms with Gasteiger partial charge < -0.3 is 10.4 Å². The van der Waals surface area contributed by atoms with Crippen molar-refractivity contribution >= 4 is 40.2 Å². The number of aliphatic hydroxyl groups is 1. The highest BCUT2D eigenvalue weighted by Gasteiger charge is 2.12. The molecule has 1 unspecified atom stereocenters. The van der Waals surface area contributed by atoms with E-state index in [9.17, 15) is 9.90 Å². The molecule has 0 bridgehead atoms. The number of hydrogen-bond acceptors (Lipinski definition) is 4. The minimum absolute atomic E-state index is 0.159. The molecule has 3 nitrogen and oxygen atoms in total. The van der Waals surface area contributed by atoms with Crippen LogP contribution in [0.15, 0.2) is 53.2 Å². The summed E-state index contributed by atoms with van der Waals surface area (Å²) in [6.07, 6.45) is -0.745. The van der Waals surface area contributed by atoms with Crippen molar-refractivity contribution in [2.24, 2.45) is 0 Å². The predicted molar refractivity (Wildman–Crippen MR) is 96.4 cm³/mol. The molecule has 3 aromatic rings. The zero-order chi connectivity index (χ0) is 16.2. The largest absolute Gasteiger partial charge is 0.387 e. The summed E-state index contributed by atoms with van der Waals surface area (Å²) in [6.45, 7) is 0.159. The van der Waals surface area contributed by atoms with Gasteiger partial charge in [0, 0.05) is 6.54 Å². The van der Waals surface area contributed by atoms with Gasteiger partial charge in [0.25, 0.3) is 5.91 Å². The molecule has 1 amide bonds. The second-order valence-electron chi connectivity index (χ2n) is 4.96. The lowest BCUT2D eigenvalue weighted by Crippen LogP contribution is -2.27. The Morgan fingerprint density at radius 3 is 2.52 bits per heavy atom. The van der Waals surface area contributed by atoms with E-state index in [1.807, 2.05) is 29.6 Å². The molecule has 2 heterocycles. The molecular weight excluding hydrogens is 350 g/mol. The molecule has 118 valence electrons. The molecular formula is C17H14ClNO2S2. The fourth-order valence-electron chi connectivity index (χ4n) is 2.16. The highest BCUT2D eigenvalue weighted by molar-refractivity contribution is 7.18. The van der Waals surface area contributed by atoms with E-state index in [-0.39, 0.29) is 12.5 Å². The van der Waals surface area contributed by atoms with Gasteiger partial charge >= 0.3 is 0 Å². The van der Waals surface area contributed by atoms with E-state index in [0.717, 1.165) is 11.1 Å². The summed E-state index contributed by atoms with van der Waals surface area (Å²) in [7, 11) is 0. The first-order valence-electron chi connectivity index (χ1n) is 6.97. The van der Waals surface area contributed by atoms with Gasteiger partial charge in [-0.2, -0.15) is 11.3 Å². The van der Waals surface area contributed by atoms with Crippen molar-refractivity contribution in [1.82, 2.24) is 5.32 Å².